The van der Waals surface area contributed by atoms with E-state index in [0.717, 1.165) is 19.3 Å². The lowest BCUT2D eigenvalue weighted by Gasteiger charge is -2.29. The number of benzene rings is 2. The molecule has 2 aromatic rings. The van der Waals surface area contributed by atoms with Crippen molar-refractivity contribution in [2.75, 3.05) is 5.32 Å². The second-order valence-corrected chi connectivity index (χ2v) is 6.74. The fourth-order valence-corrected chi connectivity index (χ4v) is 3.33. The summed E-state index contributed by atoms with van der Waals surface area (Å²) in [5.74, 6) is -0.199. The van der Waals surface area contributed by atoms with Crippen LogP contribution in [0.4, 0.5) is 10.5 Å². The molecule has 1 saturated carbocycles. The zero-order chi connectivity index (χ0) is 18.4. The molecule has 26 heavy (non-hydrogen) atoms. The monoisotopic (exact) mass is 372 g/mol. The molecule has 0 spiro atoms. The van der Waals surface area contributed by atoms with Gasteiger partial charge in [-0.25, -0.2) is 4.79 Å². The van der Waals surface area contributed by atoms with Crippen molar-refractivity contribution in [2.24, 2.45) is 0 Å². The third kappa shape index (κ3) is 4.99. The number of ether oxygens (including phenoxy) is 1. The van der Waals surface area contributed by atoms with Crippen LogP contribution in [-0.2, 0) is 4.74 Å². The van der Waals surface area contributed by atoms with E-state index in [9.17, 15) is 9.59 Å². The quantitative estimate of drug-likeness (QED) is 0.822. The van der Waals surface area contributed by atoms with Gasteiger partial charge in [-0.3, -0.25) is 10.1 Å². The zero-order valence-electron chi connectivity index (χ0n) is 14.3. The maximum atomic E-state index is 12.4. The van der Waals surface area contributed by atoms with E-state index < -0.39 is 6.09 Å². The molecule has 0 heterocycles. The molecule has 2 amide bonds. The van der Waals surface area contributed by atoms with Gasteiger partial charge in [0.2, 0.25) is 0 Å². The first-order valence-electron chi connectivity index (χ1n) is 8.70. The summed E-state index contributed by atoms with van der Waals surface area (Å²) in [6, 6.07) is 16.1. The predicted octanol–water partition coefficient (Wildman–Crippen LogP) is 4.63. The Morgan fingerprint density at radius 2 is 1.73 bits per heavy atom. The molecule has 0 radical (unpaired) electrons. The van der Waals surface area contributed by atoms with Gasteiger partial charge in [-0.2, -0.15) is 0 Å². The summed E-state index contributed by atoms with van der Waals surface area (Å²) < 4.78 is 5.51. The van der Waals surface area contributed by atoms with Gasteiger partial charge in [0, 0.05) is 18.2 Å². The minimum Gasteiger partial charge on any atom is -0.446 e. The summed E-state index contributed by atoms with van der Waals surface area (Å²) in [5.41, 5.74) is 1.15. The lowest BCUT2D eigenvalue weighted by molar-refractivity contribution is 0.0713. The van der Waals surface area contributed by atoms with Gasteiger partial charge in [0.25, 0.3) is 5.91 Å². The maximum absolute atomic E-state index is 12.4. The summed E-state index contributed by atoms with van der Waals surface area (Å²) >= 11 is 6.07. The number of hydrogen-bond acceptors (Lipinski definition) is 3. The molecule has 2 unspecified atom stereocenters. The van der Waals surface area contributed by atoms with Gasteiger partial charge in [0.15, 0.2) is 0 Å². The summed E-state index contributed by atoms with van der Waals surface area (Å²) in [5, 5.41) is 6.13. The number of hydrogen-bond donors (Lipinski definition) is 2. The van der Waals surface area contributed by atoms with Crippen molar-refractivity contribution in [3.8, 4) is 0 Å². The van der Waals surface area contributed by atoms with Crippen molar-refractivity contribution in [3.05, 3.63) is 65.2 Å². The highest BCUT2D eigenvalue weighted by molar-refractivity contribution is 6.33. The highest BCUT2D eigenvalue weighted by atomic mass is 35.5. The van der Waals surface area contributed by atoms with Gasteiger partial charge >= 0.3 is 6.09 Å². The molecule has 136 valence electrons. The van der Waals surface area contributed by atoms with Crippen molar-refractivity contribution >= 4 is 29.3 Å². The third-order valence-corrected chi connectivity index (χ3v) is 4.70. The zero-order valence-corrected chi connectivity index (χ0v) is 15.0. The Morgan fingerprint density at radius 1 is 1.00 bits per heavy atom. The van der Waals surface area contributed by atoms with E-state index in [1.54, 1.807) is 36.4 Å². The average molecular weight is 373 g/mol. The standard InChI is InChI=1S/C20H21ClN2O3/c21-18-12-5-4-11-17(18)19(24)22-15-9-6-10-16(13-15)26-20(25)23-14-7-2-1-3-8-14/h1-5,7-8,11-12,15-16H,6,9-10,13H2,(H,22,24)(H,23,25). The van der Waals surface area contributed by atoms with Gasteiger partial charge in [-0.05, 0) is 43.5 Å². The fraction of sp³-hybridized carbons (Fsp3) is 0.300. The van der Waals surface area contributed by atoms with E-state index in [1.165, 1.54) is 0 Å². The Balaban J connectivity index is 1.52. The second kappa shape index (κ2) is 8.72. The highest BCUT2D eigenvalue weighted by Gasteiger charge is 2.26. The molecule has 1 fully saturated rings. The number of halogens is 1. The Morgan fingerprint density at radius 3 is 2.50 bits per heavy atom. The normalized spacial score (nSPS) is 19.4. The molecule has 1 aliphatic rings. The van der Waals surface area contributed by atoms with Crippen LogP contribution in [0.25, 0.3) is 0 Å². The minimum absolute atomic E-state index is 0.0398. The molecule has 6 heteroatoms. The molecule has 0 bridgehead atoms. The van der Waals surface area contributed by atoms with E-state index in [-0.39, 0.29) is 18.1 Å². The SMILES string of the molecule is O=C(Nc1ccccc1)OC1CCCC(NC(=O)c2ccccc2Cl)C1. The van der Waals surface area contributed by atoms with Crippen molar-refractivity contribution < 1.29 is 14.3 Å². The molecule has 2 aromatic carbocycles. The van der Waals surface area contributed by atoms with E-state index in [4.69, 9.17) is 16.3 Å². The predicted molar refractivity (Wildman–Crippen MR) is 102 cm³/mol. The van der Waals surface area contributed by atoms with Crippen molar-refractivity contribution in [3.63, 3.8) is 0 Å². The van der Waals surface area contributed by atoms with Crippen LogP contribution in [0.1, 0.15) is 36.0 Å². The molecule has 0 aliphatic heterocycles. The smallest absolute Gasteiger partial charge is 0.411 e. The highest BCUT2D eigenvalue weighted by Crippen LogP contribution is 2.23. The van der Waals surface area contributed by atoms with Crippen LogP contribution in [0, 0.1) is 0 Å². The number of para-hydroxylation sites is 1. The molecule has 2 N–H and O–H groups in total. The van der Waals surface area contributed by atoms with Crippen LogP contribution in [0.15, 0.2) is 54.6 Å². The lowest BCUT2D eigenvalue weighted by Crippen LogP contribution is -2.41. The van der Waals surface area contributed by atoms with Gasteiger partial charge in [0.1, 0.15) is 6.10 Å². The number of anilines is 1. The largest absolute Gasteiger partial charge is 0.446 e. The molecular weight excluding hydrogens is 352 g/mol. The molecular formula is C20H21ClN2O3. The Labute approximate surface area is 157 Å². The first-order chi connectivity index (χ1) is 12.6. The van der Waals surface area contributed by atoms with Gasteiger partial charge in [-0.1, -0.05) is 41.9 Å². The van der Waals surface area contributed by atoms with E-state index >= 15 is 0 Å². The van der Waals surface area contributed by atoms with Crippen LogP contribution in [0.5, 0.6) is 0 Å². The number of nitrogens with one attached hydrogen (secondary N) is 2. The third-order valence-electron chi connectivity index (χ3n) is 4.37. The summed E-state index contributed by atoms with van der Waals surface area (Å²) in [6.45, 7) is 0. The number of carbonyl (C=O) groups excluding carboxylic acids is 2. The molecule has 1 aliphatic carbocycles. The Bertz CT molecular complexity index is 767. The van der Waals surface area contributed by atoms with Crippen LogP contribution < -0.4 is 10.6 Å². The molecule has 2 atom stereocenters. The summed E-state index contributed by atoms with van der Waals surface area (Å²) in [7, 11) is 0. The lowest BCUT2D eigenvalue weighted by atomic mass is 9.92. The van der Waals surface area contributed by atoms with Gasteiger partial charge in [0.05, 0.1) is 10.6 Å². The van der Waals surface area contributed by atoms with Crippen LogP contribution in [-0.4, -0.2) is 24.1 Å². The van der Waals surface area contributed by atoms with Crippen molar-refractivity contribution in [1.29, 1.82) is 0 Å². The van der Waals surface area contributed by atoms with E-state index in [0.29, 0.717) is 22.7 Å². The van der Waals surface area contributed by atoms with E-state index in [1.807, 2.05) is 18.2 Å². The summed E-state index contributed by atoms with van der Waals surface area (Å²) in [6.07, 6.45) is 2.44. The van der Waals surface area contributed by atoms with Crippen LogP contribution in [0.3, 0.4) is 0 Å². The topological polar surface area (TPSA) is 67.4 Å². The second-order valence-electron chi connectivity index (χ2n) is 6.34. The minimum atomic E-state index is -0.473. The van der Waals surface area contributed by atoms with Gasteiger partial charge < -0.3 is 10.1 Å². The molecule has 5 nitrogen and oxygen atoms in total. The maximum Gasteiger partial charge on any atom is 0.411 e. The van der Waals surface area contributed by atoms with E-state index in [2.05, 4.69) is 10.6 Å². The number of rotatable bonds is 4. The Kier molecular flexibility index (Phi) is 6.12. The first-order valence-corrected chi connectivity index (χ1v) is 9.07. The molecule has 0 saturated heterocycles. The summed E-state index contributed by atoms with van der Waals surface area (Å²) in [4.78, 5) is 24.4. The van der Waals surface area contributed by atoms with Gasteiger partial charge in [-0.15, -0.1) is 0 Å². The Hall–Kier alpha value is -2.53. The first kappa shape index (κ1) is 18.3. The van der Waals surface area contributed by atoms with Crippen molar-refractivity contribution in [2.45, 2.75) is 37.8 Å². The average Bonchev–Trinajstić information content (AvgIpc) is 2.63. The van der Waals surface area contributed by atoms with Crippen molar-refractivity contribution in [1.82, 2.24) is 5.32 Å². The van der Waals surface area contributed by atoms with Crippen LogP contribution >= 0.6 is 11.6 Å². The number of carbonyl (C=O) groups is 2. The van der Waals surface area contributed by atoms with Crippen LogP contribution in [0.2, 0.25) is 5.02 Å². The molecule has 0 aromatic heterocycles. The number of amides is 2. The fourth-order valence-electron chi connectivity index (χ4n) is 3.11. The molecule has 3 rings (SSSR count).